The molecule has 1 aliphatic heterocycles. The molecule has 202 valence electrons. The molecule has 2 aromatic carbocycles. The smallest absolute Gasteiger partial charge is 0.338 e. The maximum atomic E-state index is 13.2. The van der Waals surface area contributed by atoms with Gasteiger partial charge in [-0.2, -0.15) is 0 Å². The van der Waals surface area contributed by atoms with Crippen LogP contribution in [0.3, 0.4) is 0 Å². The van der Waals surface area contributed by atoms with Crippen LogP contribution in [0.4, 0.5) is 11.4 Å². The molecule has 1 saturated carbocycles. The highest BCUT2D eigenvalue weighted by Gasteiger charge is 2.60. The number of amides is 3. The van der Waals surface area contributed by atoms with E-state index in [0.717, 1.165) is 19.3 Å². The highest BCUT2D eigenvalue weighted by molar-refractivity contribution is 6.23. The van der Waals surface area contributed by atoms with E-state index in [0.29, 0.717) is 23.5 Å². The van der Waals surface area contributed by atoms with Crippen LogP contribution in [0.5, 0.6) is 0 Å². The molecule has 0 unspecified atom stereocenters. The molecule has 3 aliphatic rings. The Kier molecular flexibility index (Phi) is 7.32. The number of esters is 2. The predicted molar refractivity (Wildman–Crippen MR) is 142 cm³/mol. The van der Waals surface area contributed by atoms with Gasteiger partial charge in [0.25, 0.3) is 5.91 Å². The van der Waals surface area contributed by atoms with Crippen molar-refractivity contribution in [1.82, 2.24) is 0 Å². The second-order valence-electron chi connectivity index (χ2n) is 10.2. The fourth-order valence-electron chi connectivity index (χ4n) is 5.79. The molecule has 0 aromatic heterocycles. The molecule has 2 aliphatic carbocycles. The summed E-state index contributed by atoms with van der Waals surface area (Å²) in [5.41, 5.74) is 2.41. The Hall–Kier alpha value is -4.27. The largest absolute Gasteiger partial charge is 0.462 e. The maximum absolute atomic E-state index is 13.2. The van der Waals surface area contributed by atoms with Crippen molar-refractivity contribution in [3.05, 3.63) is 71.3 Å². The highest BCUT2D eigenvalue weighted by Crippen LogP contribution is 2.55. The summed E-state index contributed by atoms with van der Waals surface area (Å²) in [6.07, 6.45) is 4.66. The van der Waals surface area contributed by atoms with E-state index in [-0.39, 0.29) is 41.0 Å². The van der Waals surface area contributed by atoms with Crippen molar-refractivity contribution in [3.63, 3.8) is 0 Å². The molecule has 5 rings (SSSR count). The van der Waals surface area contributed by atoms with E-state index in [1.807, 2.05) is 13.8 Å². The zero-order valence-corrected chi connectivity index (χ0v) is 21.8. The minimum atomic E-state index is -0.756. The number of nitrogens with one attached hydrogen (secondary N) is 1. The Morgan fingerprint density at radius 2 is 1.67 bits per heavy atom. The van der Waals surface area contributed by atoms with Gasteiger partial charge in [-0.15, -0.1) is 0 Å². The van der Waals surface area contributed by atoms with E-state index in [2.05, 4.69) is 11.4 Å². The number of fused-ring (bicyclic) bond motifs is 5. The molecular weight excluding hydrogens is 500 g/mol. The fourth-order valence-corrected chi connectivity index (χ4v) is 5.79. The third-order valence-electron chi connectivity index (χ3n) is 7.69. The van der Waals surface area contributed by atoms with E-state index in [9.17, 15) is 24.0 Å². The number of allylic oxidation sites excluding steroid dienone is 2. The average molecular weight is 531 g/mol. The molecule has 39 heavy (non-hydrogen) atoms. The number of ether oxygens (including phenoxy) is 2. The average Bonchev–Trinajstić information content (AvgIpc) is 3.57. The topological polar surface area (TPSA) is 119 Å². The van der Waals surface area contributed by atoms with Crippen LogP contribution in [0.1, 0.15) is 53.8 Å². The summed E-state index contributed by atoms with van der Waals surface area (Å²) < 4.78 is 10.3. The van der Waals surface area contributed by atoms with Gasteiger partial charge in [0.1, 0.15) is 0 Å². The first-order chi connectivity index (χ1) is 18.8. The Labute approximate surface area is 226 Å². The van der Waals surface area contributed by atoms with Crippen LogP contribution >= 0.6 is 0 Å². The molecule has 2 bridgehead atoms. The van der Waals surface area contributed by atoms with Gasteiger partial charge in [0.15, 0.2) is 6.61 Å². The number of hydrogen-bond donors (Lipinski definition) is 1. The third kappa shape index (κ3) is 5.08. The van der Waals surface area contributed by atoms with Crippen LogP contribution in [0.15, 0.2) is 60.2 Å². The quantitative estimate of drug-likeness (QED) is 0.224. The lowest BCUT2D eigenvalue weighted by molar-refractivity contribution is -0.123. The van der Waals surface area contributed by atoms with Crippen molar-refractivity contribution in [1.29, 1.82) is 0 Å². The van der Waals surface area contributed by atoms with Gasteiger partial charge in [0.05, 0.1) is 35.3 Å². The normalized spacial score (nSPS) is 22.9. The SMILES string of the molecule is CCCCOC(=O)c1ccc(NC(=O)COC(=O)c2cccc(N3C(=O)[C@@H]4[C@H](C3=O)[C@@H]3C[C@@H]4C=C3C)c2)cc1. The van der Waals surface area contributed by atoms with Gasteiger partial charge in [0, 0.05) is 5.69 Å². The van der Waals surface area contributed by atoms with Crippen molar-refractivity contribution in [2.45, 2.75) is 33.1 Å². The molecule has 1 N–H and O–H groups in total. The standard InChI is InChI=1S/C30H30N2O7/c1-3-4-12-38-29(36)18-8-10-21(11-9-18)31-24(33)16-39-30(37)19-6-5-7-22(14-19)32-27(34)25-20-13-17(2)23(15-20)26(25)28(32)35/h5-11,13-14,20,23,25-26H,3-4,12,15-16H2,1-2H3,(H,31,33)/t20-,23+,25-,26+/m0/s1. The molecular formula is C30H30N2O7. The Morgan fingerprint density at radius 1 is 0.949 bits per heavy atom. The van der Waals surface area contributed by atoms with Crippen molar-refractivity contribution in [3.8, 4) is 0 Å². The molecule has 2 fully saturated rings. The zero-order valence-electron chi connectivity index (χ0n) is 21.8. The first-order valence-corrected chi connectivity index (χ1v) is 13.2. The van der Waals surface area contributed by atoms with Crippen LogP contribution in [0.2, 0.25) is 0 Å². The lowest BCUT2D eigenvalue weighted by Crippen LogP contribution is -2.33. The number of imide groups is 1. The van der Waals surface area contributed by atoms with Gasteiger partial charge in [-0.05, 0) is 74.1 Å². The van der Waals surface area contributed by atoms with Gasteiger partial charge in [-0.25, -0.2) is 14.5 Å². The summed E-state index contributed by atoms with van der Waals surface area (Å²) in [7, 11) is 0. The van der Waals surface area contributed by atoms with Crippen LogP contribution < -0.4 is 10.2 Å². The van der Waals surface area contributed by atoms with E-state index in [1.54, 1.807) is 36.4 Å². The van der Waals surface area contributed by atoms with Gasteiger partial charge < -0.3 is 14.8 Å². The molecule has 0 spiro atoms. The number of nitrogens with zero attached hydrogens (tertiary/aromatic N) is 1. The fraction of sp³-hybridized carbons (Fsp3) is 0.367. The lowest BCUT2D eigenvalue weighted by atomic mass is 9.82. The summed E-state index contributed by atoms with van der Waals surface area (Å²) in [6, 6.07) is 12.3. The van der Waals surface area contributed by atoms with Crippen LogP contribution in [-0.2, 0) is 23.9 Å². The Bertz CT molecular complexity index is 1360. The van der Waals surface area contributed by atoms with Crippen molar-refractivity contribution in [2.75, 3.05) is 23.4 Å². The first kappa shape index (κ1) is 26.3. The second-order valence-corrected chi connectivity index (χ2v) is 10.2. The molecule has 0 radical (unpaired) electrons. The maximum Gasteiger partial charge on any atom is 0.338 e. The number of hydrogen-bond acceptors (Lipinski definition) is 7. The number of unbranched alkanes of at least 4 members (excludes halogenated alkanes) is 1. The predicted octanol–water partition coefficient (Wildman–Crippen LogP) is 4.14. The summed E-state index contributed by atoms with van der Waals surface area (Å²) in [5.74, 6) is -2.70. The van der Waals surface area contributed by atoms with Crippen LogP contribution in [0, 0.1) is 23.7 Å². The minimum Gasteiger partial charge on any atom is -0.462 e. The molecule has 4 atom stereocenters. The monoisotopic (exact) mass is 530 g/mol. The molecule has 9 nitrogen and oxygen atoms in total. The third-order valence-corrected chi connectivity index (χ3v) is 7.69. The highest BCUT2D eigenvalue weighted by atomic mass is 16.5. The molecule has 9 heteroatoms. The second kappa shape index (κ2) is 10.8. The molecule has 2 aromatic rings. The van der Waals surface area contributed by atoms with Crippen molar-refractivity contribution in [2.24, 2.45) is 23.7 Å². The van der Waals surface area contributed by atoms with Gasteiger partial charge in [-0.1, -0.05) is 31.1 Å². The number of benzene rings is 2. The van der Waals surface area contributed by atoms with E-state index in [4.69, 9.17) is 9.47 Å². The van der Waals surface area contributed by atoms with E-state index >= 15 is 0 Å². The minimum absolute atomic E-state index is 0.0870. The van der Waals surface area contributed by atoms with Gasteiger partial charge >= 0.3 is 11.9 Å². The summed E-state index contributed by atoms with van der Waals surface area (Å²) >= 11 is 0. The summed E-state index contributed by atoms with van der Waals surface area (Å²) in [4.78, 5) is 64.5. The summed E-state index contributed by atoms with van der Waals surface area (Å²) in [6.45, 7) is 3.83. The molecule has 1 heterocycles. The zero-order chi connectivity index (χ0) is 27.7. The van der Waals surface area contributed by atoms with Crippen LogP contribution in [0.25, 0.3) is 0 Å². The Balaban J connectivity index is 1.16. The lowest BCUT2D eigenvalue weighted by Gasteiger charge is -2.19. The van der Waals surface area contributed by atoms with Gasteiger partial charge in [-0.3, -0.25) is 14.4 Å². The number of carbonyl (C=O) groups excluding carboxylic acids is 5. The van der Waals surface area contributed by atoms with Crippen LogP contribution in [-0.4, -0.2) is 42.9 Å². The number of rotatable bonds is 9. The van der Waals surface area contributed by atoms with E-state index < -0.39 is 24.5 Å². The number of carbonyl (C=O) groups is 5. The molecule has 3 amide bonds. The first-order valence-electron chi connectivity index (χ1n) is 13.2. The van der Waals surface area contributed by atoms with Gasteiger partial charge in [0.2, 0.25) is 11.8 Å². The number of anilines is 2. The van der Waals surface area contributed by atoms with Crippen molar-refractivity contribution < 1.29 is 33.4 Å². The molecule has 1 saturated heterocycles. The van der Waals surface area contributed by atoms with E-state index in [1.165, 1.54) is 22.6 Å². The van der Waals surface area contributed by atoms with Crippen molar-refractivity contribution >= 4 is 41.0 Å². The summed E-state index contributed by atoms with van der Waals surface area (Å²) in [5, 5.41) is 2.60. The Morgan fingerprint density at radius 3 is 2.41 bits per heavy atom.